The Labute approximate surface area is 379 Å². The topological polar surface area (TPSA) is 110 Å². The first-order valence-electron chi connectivity index (χ1n) is 25.0. The molecular formula is C52H91NO9. The molecular weight excluding hydrogens is 783 g/mol. The molecule has 0 bridgehead atoms. The van der Waals surface area contributed by atoms with Crippen LogP contribution in [0, 0.1) is 5.92 Å². The van der Waals surface area contributed by atoms with Crippen molar-refractivity contribution in [3.8, 4) is 0 Å². The maximum Gasteiger partial charge on any atom is 0.305 e. The molecule has 1 saturated heterocycles. The van der Waals surface area contributed by atoms with Crippen LogP contribution in [0.5, 0.6) is 0 Å². The molecule has 0 radical (unpaired) electrons. The van der Waals surface area contributed by atoms with Crippen LogP contribution in [0.3, 0.4) is 0 Å². The van der Waals surface area contributed by atoms with Crippen LogP contribution >= 0.6 is 0 Å². The fourth-order valence-corrected chi connectivity index (χ4v) is 7.02. The molecule has 0 saturated carbocycles. The van der Waals surface area contributed by atoms with Crippen LogP contribution in [-0.2, 0) is 42.8 Å². The van der Waals surface area contributed by atoms with E-state index in [2.05, 4.69) is 81.2 Å². The maximum atomic E-state index is 13.2. The SMILES string of the molecule is CC/C=C\CCCCOC(CCC(=O)OCC(COC(=O)CCC(OCCCC/C=C\CC)OCCCC/C=C\CC)CC(=O)CCCN1CCCC1)OCCCC/C=C\CC. The highest BCUT2D eigenvalue weighted by molar-refractivity contribution is 5.78. The van der Waals surface area contributed by atoms with Crippen LogP contribution in [0.4, 0.5) is 0 Å². The van der Waals surface area contributed by atoms with Crippen LogP contribution in [0.2, 0.25) is 0 Å². The van der Waals surface area contributed by atoms with Crippen LogP contribution in [0.25, 0.3) is 0 Å². The number of rotatable bonds is 44. The van der Waals surface area contributed by atoms with Gasteiger partial charge in [0, 0.05) is 58.0 Å². The van der Waals surface area contributed by atoms with Gasteiger partial charge >= 0.3 is 11.9 Å². The second kappa shape index (κ2) is 43.6. The summed E-state index contributed by atoms with van der Waals surface area (Å²) in [6, 6.07) is 0. The van der Waals surface area contributed by atoms with Gasteiger partial charge in [-0.1, -0.05) is 76.3 Å². The second-order valence-electron chi connectivity index (χ2n) is 16.5. The molecule has 0 amide bonds. The number of ether oxygens (including phenoxy) is 6. The number of unbranched alkanes of at least 4 members (excludes halogenated alkanes) is 8. The summed E-state index contributed by atoms with van der Waals surface area (Å²) >= 11 is 0. The number of Topliss-reactive ketones (excluding diaryl/α,β-unsaturated/α-hetero) is 1. The van der Waals surface area contributed by atoms with Gasteiger partial charge in [0.2, 0.25) is 0 Å². The number of ketones is 1. The summed E-state index contributed by atoms with van der Waals surface area (Å²) in [5, 5.41) is 0. The van der Waals surface area contributed by atoms with E-state index < -0.39 is 18.5 Å². The molecule has 0 aliphatic carbocycles. The molecule has 1 aliphatic heterocycles. The van der Waals surface area contributed by atoms with Gasteiger partial charge in [0.15, 0.2) is 12.6 Å². The zero-order chi connectivity index (χ0) is 45.0. The van der Waals surface area contributed by atoms with E-state index in [0.717, 1.165) is 129 Å². The Bertz CT molecular complexity index is 1060. The molecule has 10 nitrogen and oxygen atoms in total. The Hall–Kier alpha value is -2.63. The normalized spacial score (nSPS) is 13.8. The molecule has 0 spiro atoms. The Kier molecular flexibility index (Phi) is 40.4. The summed E-state index contributed by atoms with van der Waals surface area (Å²) < 4.78 is 35.9. The Balaban J connectivity index is 2.75. The summed E-state index contributed by atoms with van der Waals surface area (Å²) in [6.45, 7) is 13.9. The largest absolute Gasteiger partial charge is 0.465 e. The zero-order valence-electron chi connectivity index (χ0n) is 40.0. The average molecular weight is 874 g/mol. The summed E-state index contributed by atoms with van der Waals surface area (Å²) in [5.41, 5.74) is 0. The summed E-state index contributed by atoms with van der Waals surface area (Å²) in [5.74, 6) is -1.10. The van der Waals surface area contributed by atoms with Crippen molar-refractivity contribution in [2.24, 2.45) is 5.92 Å². The van der Waals surface area contributed by atoms with Gasteiger partial charge in [-0.2, -0.15) is 0 Å². The van der Waals surface area contributed by atoms with Crippen molar-refractivity contribution in [2.75, 3.05) is 59.3 Å². The third-order valence-electron chi connectivity index (χ3n) is 10.7. The third kappa shape index (κ3) is 36.8. The first kappa shape index (κ1) is 57.4. The highest BCUT2D eigenvalue weighted by atomic mass is 16.7. The number of nitrogens with zero attached hydrogens (tertiary/aromatic N) is 1. The zero-order valence-corrected chi connectivity index (χ0v) is 40.0. The van der Waals surface area contributed by atoms with E-state index in [1.165, 1.54) is 12.8 Å². The minimum atomic E-state index is -0.489. The standard InChI is InChI=1S/C52H91NO9/c1-5-9-13-17-21-27-40-57-51(58-41-28-22-18-14-10-6-2)35-33-49(55)61-45-47(44-48(54)32-31-39-53-37-25-26-38-53)46-62-50(56)34-36-52(59-42-29-23-19-15-11-7-3)60-43-30-24-20-16-12-8-4/h9-16,47,51-52H,5-8,17-46H2,1-4H3/b13-9-,14-10-,15-11-,16-12-. The molecule has 1 aliphatic rings. The molecule has 62 heavy (non-hydrogen) atoms. The number of carbonyl (C=O) groups excluding carboxylic acids is 3. The van der Waals surface area contributed by atoms with E-state index in [-0.39, 0.29) is 50.2 Å². The van der Waals surface area contributed by atoms with Crippen molar-refractivity contribution in [3.05, 3.63) is 48.6 Å². The van der Waals surface area contributed by atoms with Gasteiger partial charge in [-0.3, -0.25) is 14.4 Å². The molecule has 1 rings (SSSR count). The lowest BCUT2D eigenvalue weighted by molar-refractivity contribution is -0.163. The molecule has 10 heteroatoms. The maximum absolute atomic E-state index is 13.2. The van der Waals surface area contributed by atoms with Crippen LogP contribution in [-0.4, -0.2) is 94.5 Å². The minimum Gasteiger partial charge on any atom is -0.465 e. The van der Waals surface area contributed by atoms with Gasteiger partial charge in [0.05, 0.1) is 26.1 Å². The van der Waals surface area contributed by atoms with E-state index >= 15 is 0 Å². The van der Waals surface area contributed by atoms with Crippen molar-refractivity contribution in [2.45, 2.75) is 201 Å². The number of allylic oxidation sites excluding steroid dienone is 8. The monoisotopic (exact) mass is 874 g/mol. The number of hydrogen-bond acceptors (Lipinski definition) is 10. The smallest absolute Gasteiger partial charge is 0.305 e. The number of hydrogen-bond donors (Lipinski definition) is 0. The molecule has 0 atom stereocenters. The fourth-order valence-electron chi connectivity index (χ4n) is 7.02. The van der Waals surface area contributed by atoms with E-state index in [9.17, 15) is 14.4 Å². The molecule has 0 aromatic heterocycles. The van der Waals surface area contributed by atoms with Gasteiger partial charge in [-0.05, 0) is 142 Å². The first-order valence-corrected chi connectivity index (χ1v) is 25.0. The Morgan fingerprint density at radius 3 is 1.21 bits per heavy atom. The molecule has 0 aromatic rings. The third-order valence-corrected chi connectivity index (χ3v) is 10.7. The molecule has 1 heterocycles. The summed E-state index contributed by atoms with van der Waals surface area (Å²) in [4.78, 5) is 41.7. The van der Waals surface area contributed by atoms with Gasteiger partial charge in [-0.15, -0.1) is 0 Å². The second-order valence-corrected chi connectivity index (χ2v) is 16.5. The number of carbonyl (C=O) groups is 3. The van der Waals surface area contributed by atoms with E-state index in [0.29, 0.717) is 45.7 Å². The van der Waals surface area contributed by atoms with Crippen LogP contribution in [0.15, 0.2) is 48.6 Å². The van der Waals surface area contributed by atoms with Crippen molar-refractivity contribution in [1.29, 1.82) is 0 Å². The lowest BCUT2D eigenvalue weighted by Crippen LogP contribution is -2.26. The Morgan fingerprint density at radius 1 is 0.484 bits per heavy atom. The molecule has 0 unspecified atom stereocenters. The summed E-state index contributed by atoms with van der Waals surface area (Å²) in [7, 11) is 0. The van der Waals surface area contributed by atoms with Gasteiger partial charge < -0.3 is 33.3 Å². The van der Waals surface area contributed by atoms with Crippen molar-refractivity contribution in [1.82, 2.24) is 4.90 Å². The lowest BCUT2D eigenvalue weighted by atomic mass is 10.0. The summed E-state index contributed by atoms with van der Waals surface area (Å²) in [6.07, 6.45) is 37.6. The van der Waals surface area contributed by atoms with Crippen molar-refractivity contribution >= 4 is 17.7 Å². The average Bonchev–Trinajstić information content (AvgIpc) is 3.80. The van der Waals surface area contributed by atoms with Gasteiger partial charge in [0.1, 0.15) is 5.78 Å². The lowest BCUT2D eigenvalue weighted by Gasteiger charge is -2.20. The Morgan fingerprint density at radius 2 is 0.855 bits per heavy atom. The van der Waals surface area contributed by atoms with E-state index in [4.69, 9.17) is 28.4 Å². The number of esters is 2. The first-order chi connectivity index (χ1) is 30.4. The minimum absolute atomic E-state index is 0.00263. The van der Waals surface area contributed by atoms with Crippen molar-refractivity contribution in [3.63, 3.8) is 0 Å². The molecule has 0 aromatic carbocycles. The van der Waals surface area contributed by atoms with Gasteiger partial charge in [0.25, 0.3) is 0 Å². The predicted octanol–water partition coefficient (Wildman–Crippen LogP) is 12.3. The van der Waals surface area contributed by atoms with Crippen LogP contribution in [0.1, 0.15) is 188 Å². The molecule has 358 valence electrons. The predicted molar refractivity (Wildman–Crippen MR) is 253 cm³/mol. The molecule has 0 N–H and O–H groups in total. The van der Waals surface area contributed by atoms with E-state index in [1.807, 2.05) is 0 Å². The van der Waals surface area contributed by atoms with Crippen molar-refractivity contribution < 1.29 is 42.8 Å². The molecule has 1 fully saturated rings. The highest BCUT2D eigenvalue weighted by Crippen LogP contribution is 2.16. The van der Waals surface area contributed by atoms with E-state index in [1.54, 1.807) is 0 Å². The number of likely N-dealkylation sites (tertiary alicyclic amines) is 1. The van der Waals surface area contributed by atoms with Crippen LogP contribution < -0.4 is 0 Å². The fraction of sp³-hybridized carbons (Fsp3) is 0.788. The quantitative estimate of drug-likeness (QED) is 0.0254. The van der Waals surface area contributed by atoms with Gasteiger partial charge in [-0.25, -0.2) is 0 Å². The highest BCUT2D eigenvalue weighted by Gasteiger charge is 2.22.